The number of fused-ring (bicyclic) bond motifs is 5. The zero-order valence-electron chi connectivity index (χ0n) is 22.5. The molecule has 4 aliphatic carbocycles. The number of ether oxygens (including phenoxy) is 2. The molecule has 3 saturated carbocycles. The molecule has 1 N–H and O–H groups in total. The lowest BCUT2D eigenvalue weighted by atomic mass is 9.40. The molecule has 2 bridgehead atoms. The van der Waals surface area contributed by atoms with Crippen molar-refractivity contribution in [3.8, 4) is 0 Å². The summed E-state index contributed by atoms with van der Waals surface area (Å²) in [6.07, 6.45) is 11.4. The molecule has 2 aliphatic heterocycles. The van der Waals surface area contributed by atoms with E-state index in [2.05, 4.69) is 54.5 Å². The summed E-state index contributed by atoms with van der Waals surface area (Å²) >= 11 is 0. The number of allylic oxidation sites excluding steroid dienone is 2. The first-order valence-electron chi connectivity index (χ1n) is 14.0. The minimum atomic E-state index is -0.471. The van der Waals surface area contributed by atoms with Gasteiger partial charge in [-0.15, -0.1) is 0 Å². The number of esters is 1. The van der Waals surface area contributed by atoms with Gasteiger partial charge in [-0.1, -0.05) is 39.3 Å². The summed E-state index contributed by atoms with van der Waals surface area (Å²) in [7, 11) is 0. The van der Waals surface area contributed by atoms with Gasteiger partial charge in [0, 0.05) is 5.92 Å². The van der Waals surface area contributed by atoms with Gasteiger partial charge >= 0.3 is 5.97 Å². The quantitative estimate of drug-likeness (QED) is 0.366. The van der Waals surface area contributed by atoms with Crippen molar-refractivity contribution in [2.45, 2.75) is 130 Å². The van der Waals surface area contributed by atoms with E-state index in [1.165, 1.54) is 0 Å². The summed E-state index contributed by atoms with van der Waals surface area (Å²) in [5, 5.41) is 10.9. The Morgan fingerprint density at radius 3 is 2.41 bits per heavy atom. The van der Waals surface area contributed by atoms with Crippen LogP contribution in [-0.2, 0) is 14.3 Å². The SMILES string of the molecule is CC1(C)CCCC(C)(C2C3CC4(C)C5CCC6C(C)(CCC(O)C6(C)C)C5=CCC24C(=O)O3)O1. The van der Waals surface area contributed by atoms with Crippen molar-refractivity contribution in [1.82, 2.24) is 0 Å². The topological polar surface area (TPSA) is 55.8 Å². The van der Waals surface area contributed by atoms with Gasteiger partial charge in [0.2, 0.25) is 0 Å². The van der Waals surface area contributed by atoms with E-state index in [0.29, 0.717) is 11.8 Å². The molecule has 0 radical (unpaired) electrons. The van der Waals surface area contributed by atoms with E-state index in [1.807, 2.05) is 0 Å². The summed E-state index contributed by atoms with van der Waals surface area (Å²) in [6, 6.07) is 0. The van der Waals surface area contributed by atoms with Crippen molar-refractivity contribution >= 4 is 5.97 Å². The first-order chi connectivity index (χ1) is 15.7. The Morgan fingerprint density at radius 1 is 0.971 bits per heavy atom. The van der Waals surface area contributed by atoms with Crippen LogP contribution >= 0.6 is 0 Å². The molecule has 2 saturated heterocycles. The summed E-state index contributed by atoms with van der Waals surface area (Å²) < 4.78 is 13.0. The van der Waals surface area contributed by atoms with Crippen molar-refractivity contribution in [3.63, 3.8) is 0 Å². The number of carbonyl (C=O) groups is 1. The van der Waals surface area contributed by atoms with Crippen LogP contribution < -0.4 is 0 Å². The lowest BCUT2D eigenvalue weighted by Gasteiger charge is -2.64. The number of aliphatic hydroxyl groups is 1. The molecule has 6 rings (SSSR count). The molecular formula is C30H46O4. The normalized spacial score (nSPS) is 55.0. The van der Waals surface area contributed by atoms with Crippen molar-refractivity contribution in [2.24, 2.45) is 39.4 Å². The highest BCUT2D eigenvalue weighted by atomic mass is 16.6. The molecule has 4 nitrogen and oxygen atoms in total. The molecule has 4 heteroatoms. The van der Waals surface area contributed by atoms with Gasteiger partial charge < -0.3 is 14.6 Å². The van der Waals surface area contributed by atoms with Gasteiger partial charge in [0.1, 0.15) is 6.10 Å². The molecule has 2 heterocycles. The van der Waals surface area contributed by atoms with E-state index in [0.717, 1.165) is 57.8 Å². The minimum Gasteiger partial charge on any atom is -0.461 e. The summed E-state index contributed by atoms with van der Waals surface area (Å²) in [5.74, 6) is 1.09. The maximum Gasteiger partial charge on any atom is 0.313 e. The van der Waals surface area contributed by atoms with Crippen LogP contribution in [0.15, 0.2) is 11.6 Å². The fourth-order valence-corrected chi connectivity index (χ4v) is 11.0. The van der Waals surface area contributed by atoms with Crippen molar-refractivity contribution < 1.29 is 19.4 Å². The third-order valence-electron chi connectivity index (χ3n) is 12.4. The van der Waals surface area contributed by atoms with Crippen molar-refractivity contribution in [1.29, 1.82) is 0 Å². The summed E-state index contributed by atoms with van der Waals surface area (Å²) in [4.78, 5) is 13.8. The van der Waals surface area contributed by atoms with Gasteiger partial charge in [-0.2, -0.15) is 0 Å². The van der Waals surface area contributed by atoms with Crippen LogP contribution in [-0.4, -0.2) is 34.5 Å². The zero-order valence-corrected chi connectivity index (χ0v) is 22.5. The number of carbonyl (C=O) groups excluding carboxylic acids is 1. The Balaban J connectivity index is 1.44. The molecule has 5 fully saturated rings. The largest absolute Gasteiger partial charge is 0.461 e. The zero-order chi connectivity index (χ0) is 24.5. The Morgan fingerprint density at radius 2 is 1.71 bits per heavy atom. The average Bonchev–Trinajstić information content (AvgIpc) is 3.15. The Labute approximate surface area is 206 Å². The second kappa shape index (κ2) is 6.71. The first kappa shape index (κ1) is 23.5. The minimum absolute atomic E-state index is 0.0284. The molecule has 6 aliphatic rings. The van der Waals surface area contributed by atoms with Gasteiger partial charge in [0.15, 0.2) is 0 Å². The molecule has 0 aromatic heterocycles. The highest BCUT2D eigenvalue weighted by Crippen LogP contribution is 2.76. The van der Waals surface area contributed by atoms with Gasteiger partial charge in [0.05, 0.1) is 22.7 Å². The predicted molar refractivity (Wildman–Crippen MR) is 132 cm³/mol. The van der Waals surface area contributed by atoms with E-state index in [-0.39, 0.29) is 51.5 Å². The standard InChI is InChI=1S/C30H46O4/c1-25(2)13-8-14-29(7,34-25)23-20-17-28(6)19-9-10-21-26(3,4)22(31)12-15-27(21,5)18(19)11-16-30(23,28)24(32)33-20/h11,19-23,31H,8-10,12-17H2,1-7H3. The third-order valence-corrected chi connectivity index (χ3v) is 12.4. The Hall–Kier alpha value is -0.870. The molecule has 190 valence electrons. The maximum absolute atomic E-state index is 13.8. The van der Waals surface area contributed by atoms with Gasteiger partial charge in [-0.3, -0.25) is 4.79 Å². The fraction of sp³-hybridized carbons (Fsp3) is 0.900. The van der Waals surface area contributed by atoms with E-state index in [1.54, 1.807) is 5.57 Å². The van der Waals surface area contributed by atoms with Crippen LogP contribution in [0.25, 0.3) is 0 Å². The van der Waals surface area contributed by atoms with Crippen molar-refractivity contribution in [2.75, 3.05) is 0 Å². The average molecular weight is 471 g/mol. The van der Waals surface area contributed by atoms with E-state index in [4.69, 9.17) is 9.47 Å². The molecule has 0 aromatic carbocycles. The van der Waals surface area contributed by atoms with Crippen molar-refractivity contribution in [3.05, 3.63) is 11.6 Å². The van der Waals surface area contributed by atoms with Gasteiger partial charge in [-0.05, 0) is 107 Å². The first-order valence-corrected chi connectivity index (χ1v) is 14.0. The summed E-state index contributed by atoms with van der Waals surface area (Å²) in [6.45, 7) is 16.2. The fourth-order valence-electron chi connectivity index (χ4n) is 11.0. The second-order valence-corrected chi connectivity index (χ2v) is 14.9. The second-order valence-electron chi connectivity index (χ2n) is 14.9. The molecule has 0 amide bonds. The monoisotopic (exact) mass is 470 g/mol. The molecular weight excluding hydrogens is 424 g/mol. The smallest absolute Gasteiger partial charge is 0.313 e. The number of aliphatic hydroxyl groups excluding tert-OH is 1. The highest BCUT2D eigenvalue weighted by Gasteiger charge is 2.79. The molecule has 9 unspecified atom stereocenters. The Bertz CT molecular complexity index is 949. The van der Waals surface area contributed by atoms with Crippen LogP contribution in [0.5, 0.6) is 0 Å². The Kier molecular flexibility index (Phi) is 4.64. The summed E-state index contributed by atoms with van der Waals surface area (Å²) in [5.41, 5.74) is 0.627. The van der Waals surface area contributed by atoms with Crippen LogP contribution in [0.1, 0.15) is 106 Å². The molecule has 0 aromatic rings. The van der Waals surface area contributed by atoms with E-state index >= 15 is 0 Å². The molecule has 1 spiro atoms. The maximum atomic E-state index is 13.8. The lowest BCUT2D eigenvalue weighted by molar-refractivity contribution is -0.211. The number of hydrogen-bond acceptors (Lipinski definition) is 4. The highest BCUT2D eigenvalue weighted by molar-refractivity contribution is 5.83. The molecule has 9 atom stereocenters. The number of hydrogen-bond donors (Lipinski definition) is 1. The molecule has 34 heavy (non-hydrogen) atoms. The number of rotatable bonds is 1. The predicted octanol–water partition coefficient (Wildman–Crippen LogP) is 6.21. The van der Waals surface area contributed by atoms with Crippen LogP contribution in [0.4, 0.5) is 0 Å². The van der Waals surface area contributed by atoms with E-state index in [9.17, 15) is 9.90 Å². The third kappa shape index (κ3) is 2.61. The van der Waals surface area contributed by atoms with Crippen LogP contribution in [0.3, 0.4) is 0 Å². The van der Waals surface area contributed by atoms with E-state index < -0.39 is 5.41 Å². The van der Waals surface area contributed by atoms with Crippen LogP contribution in [0, 0.1) is 39.4 Å². The van der Waals surface area contributed by atoms with Crippen LogP contribution in [0.2, 0.25) is 0 Å². The van der Waals surface area contributed by atoms with Gasteiger partial charge in [0.25, 0.3) is 0 Å². The lowest BCUT2D eigenvalue weighted by Crippen LogP contribution is -2.61. The van der Waals surface area contributed by atoms with Gasteiger partial charge in [-0.25, -0.2) is 0 Å².